The fraction of sp³-hybridized carbons (Fsp3) is 0.750. The highest BCUT2D eigenvalue weighted by Gasteiger charge is 2.33. The number of hydrogen-bond acceptors (Lipinski definition) is 6. The number of amides is 1. The lowest BCUT2D eigenvalue weighted by Gasteiger charge is -2.35. The number of fused-ring (bicyclic) bond motifs is 1. The van der Waals surface area contributed by atoms with E-state index < -0.39 is 5.60 Å². The first-order valence-corrected chi connectivity index (χ1v) is 9.96. The number of carbonyl (C=O) groups is 1. The molecule has 0 unspecified atom stereocenters. The van der Waals surface area contributed by atoms with Crippen LogP contribution in [0.1, 0.15) is 71.6 Å². The third kappa shape index (κ3) is 4.62. The molecule has 7 nitrogen and oxygen atoms in total. The van der Waals surface area contributed by atoms with E-state index >= 15 is 0 Å². The van der Waals surface area contributed by atoms with E-state index in [1.165, 1.54) is 5.56 Å². The third-order valence-electron chi connectivity index (χ3n) is 5.38. The molecular formula is C20H33N5O2. The van der Waals surface area contributed by atoms with E-state index in [0.717, 1.165) is 43.6 Å². The van der Waals surface area contributed by atoms with E-state index in [-0.39, 0.29) is 17.6 Å². The first kappa shape index (κ1) is 19.7. The molecule has 1 amide bonds. The summed E-state index contributed by atoms with van der Waals surface area (Å²) >= 11 is 0. The summed E-state index contributed by atoms with van der Waals surface area (Å²) in [6.45, 7) is 11.5. The van der Waals surface area contributed by atoms with Crippen molar-refractivity contribution in [3.8, 4) is 0 Å². The minimum atomic E-state index is -0.462. The van der Waals surface area contributed by atoms with Crippen molar-refractivity contribution in [2.24, 2.45) is 0 Å². The number of nitrogens with two attached hydrogens (primary N) is 1. The van der Waals surface area contributed by atoms with Gasteiger partial charge in [0.05, 0.1) is 5.69 Å². The van der Waals surface area contributed by atoms with Crippen LogP contribution in [0.4, 0.5) is 16.6 Å². The molecule has 0 saturated carbocycles. The predicted octanol–water partition coefficient (Wildman–Crippen LogP) is 3.48. The number of hydrogen-bond donors (Lipinski definition) is 2. The highest BCUT2D eigenvalue weighted by molar-refractivity contribution is 5.68. The molecule has 0 atom stereocenters. The van der Waals surface area contributed by atoms with Gasteiger partial charge in [-0.2, -0.15) is 4.98 Å². The van der Waals surface area contributed by atoms with Gasteiger partial charge in [-0.1, -0.05) is 13.8 Å². The Morgan fingerprint density at radius 2 is 1.93 bits per heavy atom. The minimum absolute atomic E-state index is 0.0289. The van der Waals surface area contributed by atoms with E-state index in [0.29, 0.717) is 19.0 Å². The van der Waals surface area contributed by atoms with Gasteiger partial charge in [0.25, 0.3) is 0 Å². The topological polar surface area (TPSA) is 93.4 Å². The van der Waals surface area contributed by atoms with Gasteiger partial charge in [-0.15, -0.1) is 0 Å². The summed E-state index contributed by atoms with van der Waals surface area (Å²) in [5.41, 5.74) is 7.85. The van der Waals surface area contributed by atoms with Gasteiger partial charge in [-0.05, 0) is 52.9 Å². The third-order valence-corrected chi connectivity index (χ3v) is 5.38. The molecule has 1 aliphatic heterocycles. The summed E-state index contributed by atoms with van der Waals surface area (Å²) in [6, 6.07) is 0.270. The molecule has 1 fully saturated rings. The summed E-state index contributed by atoms with van der Waals surface area (Å²) in [5.74, 6) is 1.21. The van der Waals surface area contributed by atoms with Crippen molar-refractivity contribution in [2.75, 3.05) is 24.1 Å². The maximum Gasteiger partial charge on any atom is 0.410 e. The smallest absolute Gasteiger partial charge is 0.410 e. The molecule has 1 aromatic rings. The van der Waals surface area contributed by atoms with E-state index in [1.807, 2.05) is 20.8 Å². The second-order valence-corrected chi connectivity index (χ2v) is 9.38. The van der Waals surface area contributed by atoms with E-state index in [2.05, 4.69) is 29.1 Å². The lowest BCUT2D eigenvalue weighted by Crippen LogP contribution is -2.44. The number of nitrogen functional groups attached to an aromatic ring is 1. The number of aromatic nitrogens is 2. The molecule has 7 heteroatoms. The molecule has 0 bridgehead atoms. The van der Waals surface area contributed by atoms with Gasteiger partial charge >= 0.3 is 6.09 Å². The molecule has 27 heavy (non-hydrogen) atoms. The van der Waals surface area contributed by atoms with Gasteiger partial charge in [-0.25, -0.2) is 9.78 Å². The number of anilines is 2. The van der Waals surface area contributed by atoms with Gasteiger partial charge < -0.3 is 20.7 Å². The molecule has 2 heterocycles. The monoisotopic (exact) mass is 375 g/mol. The Balaban J connectivity index is 1.66. The lowest BCUT2D eigenvalue weighted by molar-refractivity contribution is 0.0210. The average molecular weight is 376 g/mol. The average Bonchev–Trinajstić information content (AvgIpc) is 2.54. The van der Waals surface area contributed by atoms with Gasteiger partial charge in [0, 0.05) is 30.1 Å². The number of likely N-dealkylation sites (tertiary alicyclic amines) is 1. The Morgan fingerprint density at radius 1 is 1.26 bits per heavy atom. The van der Waals surface area contributed by atoms with Crippen molar-refractivity contribution in [1.29, 1.82) is 0 Å². The Labute approximate surface area is 162 Å². The molecule has 150 valence electrons. The lowest BCUT2D eigenvalue weighted by atomic mass is 9.76. The summed E-state index contributed by atoms with van der Waals surface area (Å²) in [6.07, 6.45) is 4.73. The second kappa shape index (κ2) is 7.17. The van der Waals surface area contributed by atoms with Gasteiger partial charge in [-0.3, -0.25) is 0 Å². The number of rotatable bonds is 2. The Hall–Kier alpha value is -2.05. The Bertz CT molecular complexity index is 703. The maximum atomic E-state index is 12.2. The number of nitrogens with one attached hydrogen (secondary N) is 1. The van der Waals surface area contributed by atoms with Crippen molar-refractivity contribution < 1.29 is 9.53 Å². The second-order valence-electron chi connectivity index (χ2n) is 9.38. The molecule has 3 N–H and O–H groups in total. The Morgan fingerprint density at radius 3 is 2.56 bits per heavy atom. The van der Waals surface area contributed by atoms with Crippen LogP contribution in [0.2, 0.25) is 0 Å². The van der Waals surface area contributed by atoms with Gasteiger partial charge in [0.2, 0.25) is 5.95 Å². The fourth-order valence-electron chi connectivity index (χ4n) is 3.97. The molecule has 1 aliphatic carbocycles. The van der Waals surface area contributed by atoms with Crippen molar-refractivity contribution >= 4 is 17.9 Å². The standard InChI is InChI=1S/C20H33N5O2/c1-19(2,3)27-18(26)25-11-8-13(9-12-25)22-16-14-7-6-10-20(4,5)15(14)23-17(21)24-16/h13H,6-12H2,1-5H3,(H3,21,22,23,24). The van der Waals surface area contributed by atoms with Crippen molar-refractivity contribution in [3.05, 3.63) is 11.3 Å². The molecular weight excluding hydrogens is 342 g/mol. The number of piperidine rings is 1. The zero-order valence-corrected chi connectivity index (χ0v) is 17.3. The number of carbonyl (C=O) groups excluding carboxylic acids is 1. The van der Waals surface area contributed by atoms with Gasteiger partial charge in [0.1, 0.15) is 11.4 Å². The molecule has 1 aromatic heterocycles. The first-order valence-electron chi connectivity index (χ1n) is 9.96. The Kier molecular flexibility index (Phi) is 5.23. The first-order chi connectivity index (χ1) is 12.5. The van der Waals surface area contributed by atoms with Crippen LogP contribution in [-0.4, -0.2) is 45.7 Å². The highest BCUT2D eigenvalue weighted by Crippen LogP contribution is 2.38. The zero-order valence-electron chi connectivity index (χ0n) is 17.3. The highest BCUT2D eigenvalue weighted by atomic mass is 16.6. The van der Waals surface area contributed by atoms with E-state index in [1.54, 1.807) is 4.90 Å². The predicted molar refractivity (Wildman–Crippen MR) is 107 cm³/mol. The molecule has 0 radical (unpaired) electrons. The van der Waals surface area contributed by atoms with E-state index in [4.69, 9.17) is 10.5 Å². The fourth-order valence-corrected chi connectivity index (χ4v) is 3.97. The maximum absolute atomic E-state index is 12.2. The summed E-state index contributed by atoms with van der Waals surface area (Å²) in [5, 5.41) is 3.59. The van der Waals surface area contributed by atoms with Crippen molar-refractivity contribution in [2.45, 2.75) is 83.8 Å². The van der Waals surface area contributed by atoms with Crippen LogP contribution in [-0.2, 0) is 16.6 Å². The number of nitrogens with zero attached hydrogens (tertiary/aromatic N) is 3. The van der Waals surface area contributed by atoms with Gasteiger partial charge in [0.15, 0.2) is 0 Å². The number of ether oxygens (including phenoxy) is 1. The van der Waals surface area contributed by atoms with Crippen LogP contribution in [0.5, 0.6) is 0 Å². The molecule has 2 aliphatic rings. The quantitative estimate of drug-likeness (QED) is 0.822. The van der Waals surface area contributed by atoms with Crippen LogP contribution in [0.15, 0.2) is 0 Å². The molecule has 1 saturated heterocycles. The summed E-state index contributed by atoms with van der Waals surface area (Å²) in [4.78, 5) is 23.1. The molecule has 3 rings (SSSR count). The normalized spacial score (nSPS) is 20.1. The summed E-state index contributed by atoms with van der Waals surface area (Å²) < 4.78 is 5.47. The van der Waals surface area contributed by atoms with Crippen molar-refractivity contribution in [1.82, 2.24) is 14.9 Å². The van der Waals surface area contributed by atoms with Crippen molar-refractivity contribution in [3.63, 3.8) is 0 Å². The summed E-state index contributed by atoms with van der Waals surface area (Å²) in [7, 11) is 0. The van der Waals surface area contributed by atoms with Crippen LogP contribution in [0.3, 0.4) is 0 Å². The molecule has 0 aromatic carbocycles. The minimum Gasteiger partial charge on any atom is -0.444 e. The molecule has 0 spiro atoms. The van der Waals surface area contributed by atoms with E-state index in [9.17, 15) is 4.79 Å². The largest absolute Gasteiger partial charge is 0.444 e. The van der Waals surface area contributed by atoms with Crippen LogP contribution < -0.4 is 11.1 Å². The van der Waals surface area contributed by atoms with Crippen LogP contribution >= 0.6 is 0 Å². The van der Waals surface area contributed by atoms with Crippen LogP contribution in [0, 0.1) is 0 Å². The van der Waals surface area contributed by atoms with Crippen LogP contribution in [0.25, 0.3) is 0 Å². The SMILES string of the molecule is CC(C)(C)OC(=O)N1CCC(Nc2nc(N)nc3c2CCCC3(C)C)CC1. The zero-order chi connectivity index (χ0) is 19.8.